The predicted octanol–water partition coefficient (Wildman–Crippen LogP) is 3.66. The Balaban J connectivity index is 1.73. The Morgan fingerprint density at radius 3 is 2.26 bits per heavy atom. The van der Waals surface area contributed by atoms with Crippen LogP contribution >= 0.6 is 0 Å². The Labute approximate surface area is 204 Å². The maximum absolute atomic E-state index is 13.9. The van der Waals surface area contributed by atoms with Crippen LogP contribution in [-0.4, -0.2) is 44.7 Å². The van der Waals surface area contributed by atoms with E-state index >= 15 is 0 Å². The standard InChI is InChI=1S/C26H26N2O6S/c1-17(29)18-8-10-21(11-9-18)27-26(30)23-14-19-6-4-5-7-20(19)16-28(23)35(31,32)25-15-22(33-2)12-13-24(25)34-3/h4-13,15,23H,14,16H2,1-3H3,(H,27,30)/t23-/m1/s1. The Morgan fingerprint density at radius 1 is 0.943 bits per heavy atom. The van der Waals surface area contributed by atoms with Gasteiger partial charge in [-0.05, 0) is 60.9 Å². The molecule has 1 aliphatic heterocycles. The van der Waals surface area contributed by atoms with Gasteiger partial charge in [-0.3, -0.25) is 9.59 Å². The summed E-state index contributed by atoms with van der Waals surface area (Å²) in [6.45, 7) is 1.49. The fourth-order valence-corrected chi connectivity index (χ4v) is 5.84. The Bertz CT molecular complexity index is 1370. The van der Waals surface area contributed by atoms with E-state index in [4.69, 9.17) is 9.47 Å². The average molecular weight is 495 g/mol. The fourth-order valence-electron chi connectivity index (χ4n) is 4.10. The summed E-state index contributed by atoms with van der Waals surface area (Å²) in [5.41, 5.74) is 2.72. The molecule has 0 saturated carbocycles. The van der Waals surface area contributed by atoms with E-state index < -0.39 is 22.0 Å². The number of benzene rings is 3. The molecule has 3 aromatic carbocycles. The quantitative estimate of drug-likeness (QED) is 0.503. The molecule has 35 heavy (non-hydrogen) atoms. The van der Waals surface area contributed by atoms with Gasteiger partial charge >= 0.3 is 0 Å². The smallest absolute Gasteiger partial charge is 0.247 e. The van der Waals surface area contributed by atoms with E-state index in [9.17, 15) is 18.0 Å². The third-order valence-electron chi connectivity index (χ3n) is 6.02. The van der Waals surface area contributed by atoms with E-state index in [1.165, 1.54) is 37.6 Å². The highest BCUT2D eigenvalue weighted by atomic mass is 32.2. The number of anilines is 1. The zero-order valence-electron chi connectivity index (χ0n) is 19.6. The van der Waals surface area contributed by atoms with E-state index in [0.29, 0.717) is 17.0 Å². The van der Waals surface area contributed by atoms with Crippen molar-refractivity contribution in [3.63, 3.8) is 0 Å². The molecule has 4 rings (SSSR count). The number of methoxy groups -OCH3 is 2. The number of amides is 1. The number of hydrogen-bond donors (Lipinski definition) is 1. The minimum absolute atomic E-state index is 0.0280. The van der Waals surface area contributed by atoms with Gasteiger partial charge in [-0.25, -0.2) is 8.42 Å². The predicted molar refractivity (Wildman–Crippen MR) is 131 cm³/mol. The van der Waals surface area contributed by atoms with E-state index in [-0.39, 0.29) is 29.4 Å². The molecule has 3 aromatic rings. The molecule has 1 amide bonds. The van der Waals surface area contributed by atoms with Gasteiger partial charge in [0.05, 0.1) is 14.2 Å². The van der Waals surface area contributed by atoms with Crippen molar-refractivity contribution in [2.45, 2.75) is 30.8 Å². The summed E-state index contributed by atoms with van der Waals surface area (Å²) >= 11 is 0. The summed E-state index contributed by atoms with van der Waals surface area (Å²) in [5.74, 6) is -0.0474. The molecule has 1 N–H and O–H groups in total. The fraction of sp³-hybridized carbons (Fsp3) is 0.231. The van der Waals surface area contributed by atoms with Gasteiger partial charge in [0.15, 0.2) is 5.78 Å². The molecule has 9 heteroatoms. The van der Waals surface area contributed by atoms with Crippen LogP contribution < -0.4 is 14.8 Å². The molecule has 0 fully saturated rings. The van der Waals surface area contributed by atoms with Gasteiger partial charge in [0.25, 0.3) is 0 Å². The number of carbonyl (C=O) groups excluding carboxylic acids is 2. The van der Waals surface area contributed by atoms with Gasteiger partial charge in [-0.2, -0.15) is 4.31 Å². The molecule has 0 aliphatic carbocycles. The summed E-state index contributed by atoms with van der Waals surface area (Å²) < 4.78 is 39.6. The Hall–Kier alpha value is -3.69. The molecule has 0 spiro atoms. The number of Topliss-reactive ketones (excluding diaryl/α,β-unsaturated/α-hetero) is 1. The second-order valence-electron chi connectivity index (χ2n) is 8.18. The van der Waals surface area contributed by atoms with Gasteiger partial charge in [0.1, 0.15) is 22.4 Å². The van der Waals surface area contributed by atoms with Crippen molar-refractivity contribution in [1.82, 2.24) is 4.31 Å². The highest BCUT2D eigenvalue weighted by molar-refractivity contribution is 7.89. The van der Waals surface area contributed by atoms with Crippen LogP contribution in [0.15, 0.2) is 71.6 Å². The van der Waals surface area contributed by atoms with Crippen molar-refractivity contribution < 1.29 is 27.5 Å². The molecular weight excluding hydrogens is 468 g/mol. The number of nitrogens with zero attached hydrogens (tertiary/aromatic N) is 1. The van der Waals surface area contributed by atoms with E-state index in [1.54, 1.807) is 30.3 Å². The van der Waals surface area contributed by atoms with Crippen molar-refractivity contribution in [3.8, 4) is 11.5 Å². The molecule has 0 radical (unpaired) electrons. The van der Waals surface area contributed by atoms with Crippen molar-refractivity contribution in [1.29, 1.82) is 0 Å². The van der Waals surface area contributed by atoms with Crippen LogP contribution in [0.2, 0.25) is 0 Å². The molecule has 8 nitrogen and oxygen atoms in total. The van der Waals surface area contributed by atoms with Crippen LogP contribution in [0.4, 0.5) is 5.69 Å². The van der Waals surface area contributed by atoms with Crippen molar-refractivity contribution >= 4 is 27.4 Å². The molecule has 0 bridgehead atoms. The first-order valence-electron chi connectivity index (χ1n) is 11.0. The lowest BCUT2D eigenvalue weighted by atomic mass is 9.95. The largest absolute Gasteiger partial charge is 0.497 e. The summed E-state index contributed by atoms with van der Waals surface area (Å²) in [5, 5.41) is 2.80. The first-order chi connectivity index (χ1) is 16.7. The van der Waals surface area contributed by atoms with Crippen LogP contribution in [-0.2, 0) is 27.8 Å². The molecule has 0 unspecified atom stereocenters. The highest BCUT2D eigenvalue weighted by Gasteiger charge is 2.41. The first kappa shape index (κ1) is 24.4. The van der Waals surface area contributed by atoms with Crippen molar-refractivity contribution in [2.75, 3.05) is 19.5 Å². The zero-order chi connectivity index (χ0) is 25.2. The molecule has 1 heterocycles. The average Bonchev–Trinajstić information content (AvgIpc) is 2.87. The van der Waals surface area contributed by atoms with Gasteiger partial charge in [-0.1, -0.05) is 24.3 Å². The van der Waals surface area contributed by atoms with Crippen LogP contribution in [0.1, 0.15) is 28.4 Å². The second kappa shape index (κ2) is 9.89. The van der Waals surface area contributed by atoms with E-state index in [0.717, 1.165) is 11.1 Å². The van der Waals surface area contributed by atoms with E-state index in [2.05, 4.69) is 5.32 Å². The van der Waals surface area contributed by atoms with Gasteiger partial charge in [0, 0.05) is 23.9 Å². The maximum atomic E-state index is 13.9. The van der Waals surface area contributed by atoms with Gasteiger partial charge in [-0.15, -0.1) is 0 Å². The van der Waals surface area contributed by atoms with Crippen LogP contribution in [0, 0.1) is 0 Å². The lowest BCUT2D eigenvalue weighted by Gasteiger charge is -2.35. The third-order valence-corrected chi connectivity index (χ3v) is 7.90. The monoisotopic (exact) mass is 494 g/mol. The van der Waals surface area contributed by atoms with Crippen LogP contribution in [0.5, 0.6) is 11.5 Å². The van der Waals surface area contributed by atoms with E-state index in [1.807, 2.05) is 24.3 Å². The van der Waals surface area contributed by atoms with Crippen molar-refractivity contribution in [2.24, 2.45) is 0 Å². The number of carbonyl (C=O) groups is 2. The minimum atomic E-state index is -4.16. The number of ether oxygens (including phenoxy) is 2. The number of hydrogen-bond acceptors (Lipinski definition) is 6. The highest BCUT2D eigenvalue weighted by Crippen LogP contribution is 2.35. The lowest BCUT2D eigenvalue weighted by Crippen LogP contribution is -2.50. The molecule has 0 aromatic heterocycles. The minimum Gasteiger partial charge on any atom is -0.497 e. The summed E-state index contributed by atoms with van der Waals surface area (Å²) in [6.07, 6.45) is 0.207. The van der Waals surface area contributed by atoms with Gasteiger partial charge < -0.3 is 14.8 Å². The first-order valence-corrected chi connectivity index (χ1v) is 12.4. The normalized spacial score (nSPS) is 15.7. The number of nitrogens with one attached hydrogen (secondary N) is 1. The lowest BCUT2D eigenvalue weighted by molar-refractivity contribution is -0.120. The third kappa shape index (κ3) is 4.91. The summed E-state index contributed by atoms with van der Waals surface area (Å²) in [6, 6.07) is 17.5. The summed E-state index contributed by atoms with van der Waals surface area (Å²) in [4.78, 5) is 24.9. The maximum Gasteiger partial charge on any atom is 0.247 e. The molecular formula is C26H26N2O6S. The number of sulfonamides is 1. The molecule has 0 saturated heterocycles. The molecule has 182 valence electrons. The number of ketones is 1. The Morgan fingerprint density at radius 2 is 1.63 bits per heavy atom. The SMILES string of the molecule is COc1ccc(OC)c(S(=O)(=O)N2Cc3ccccc3C[C@@H]2C(=O)Nc2ccc(C(C)=O)cc2)c1. The van der Waals surface area contributed by atoms with Crippen LogP contribution in [0.3, 0.4) is 0 Å². The number of rotatable bonds is 7. The summed E-state index contributed by atoms with van der Waals surface area (Å²) in [7, 11) is -1.32. The zero-order valence-corrected chi connectivity index (χ0v) is 20.5. The van der Waals surface area contributed by atoms with Crippen molar-refractivity contribution in [3.05, 3.63) is 83.4 Å². The van der Waals surface area contributed by atoms with Gasteiger partial charge in [0.2, 0.25) is 15.9 Å². The topological polar surface area (TPSA) is 102 Å². The molecule has 1 atom stereocenters. The molecule has 1 aliphatic rings. The second-order valence-corrected chi connectivity index (χ2v) is 10.0. The number of fused-ring (bicyclic) bond motifs is 1. The van der Waals surface area contributed by atoms with Crippen LogP contribution in [0.25, 0.3) is 0 Å². The Kier molecular flexibility index (Phi) is 6.90.